The highest BCUT2D eigenvalue weighted by Gasteiger charge is 2.45. The van der Waals surface area contributed by atoms with Crippen LogP contribution in [0.1, 0.15) is 35.4 Å². The van der Waals surface area contributed by atoms with Gasteiger partial charge in [-0.3, -0.25) is 4.79 Å². The first-order chi connectivity index (χ1) is 14.1. The number of ether oxygens (including phenoxy) is 1. The predicted octanol–water partition coefficient (Wildman–Crippen LogP) is 0.994. The molecule has 4 N–H and O–H groups in total. The molecule has 5 rings (SSSR count). The van der Waals surface area contributed by atoms with E-state index in [-0.39, 0.29) is 17.3 Å². The summed E-state index contributed by atoms with van der Waals surface area (Å²) >= 11 is 0. The Morgan fingerprint density at radius 1 is 1.24 bits per heavy atom. The zero-order valence-electron chi connectivity index (χ0n) is 16.0. The number of nitrogens with one attached hydrogen (secondary N) is 2. The minimum atomic E-state index is -0.370. The van der Waals surface area contributed by atoms with E-state index in [1.54, 1.807) is 6.07 Å². The fourth-order valence-corrected chi connectivity index (χ4v) is 4.10. The highest BCUT2D eigenvalue weighted by molar-refractivity contribution is 5.94. The lowest BCUT2D eigenvalue weighted by Crippen LogP contribution is -2.54. The molecule has 1 amide bonds. The molecule has 0 spiro atoms. The van der Waals surface area contributed by atoms with Gasteiger partial charge in [-0.25, -0.2) is 9.97 Å². The summed E-state index contributed by atoms with van der Waals surface area (Å²) < 4.78 is 6.00. The molecule has 10 nitrogen and oxygen atoms in total. The first kappa shape index (κ1) is 19.0. The molecular weight excluding hydrogens is 372 g/mol. The number of aromatic nitrogens is 4. The largest absolute Gasteiger partial charge is 0.491 e. The Labute approximate surface area is 167 Å². The van der Waals surface area contributed by atoms with Crippen molar-refractivity contribution in [2.75, 3.05) is 19.0 Å². The van der Waals surface area contributed by atoms with Gasteiger partial charge < -0.3 is 21.1 Å². The number of carbonyl (C=O) groups excluding carboxylic acids is 1. The second kappa shape index (κ2) is 7.97. The highest BCUT2D eigenvalue weighted by Crippen LogP contribution is 2.47. The lowest BCUT2D eigenvalue weighted by atomic mass is 9.58. The van der Waals surface area contributed by atoms with Crippen LogP contribution in [0.15, 0.2) is 18.5 Å². The number of fused-ring (bicyclic) bond motifs is 2. The zero-order valence-corrected chi connectivity index (χ0v) is 16.0. The number of hydrogen-bond donors (Lipinski definition) is 3. The standard InChI is InChI=1S/C19H22N8O2/c1-22-19(28)18-14(29-9-10-2-11-4-12(3-10)17(11)21)5-15(26-27-18)25-16-8-23-13(6-20)7-24-16/h5,7-8,10-12,17H,2-4,9,21H2,1H3,(H,22,28)(H,24,25,26). The van der Waals surface area contributed by atoms with Crippen molar-refractivity contribution in [3.8, 4) is 11.8 Å². The van der Waals surface area contributed by atoms with E-state index >= 15 is 0 Å². The van der Waals surface area contributed by atoms with Crippen molar-refractivity contribution < 1.29 is 9.53 Å². The van der Waals surface area contributed by atoms with Crippen molar-refractivity contribution in [1.29, 1.82) is 5.26 Å². The number of rotatable bonds is 6. The van der Waals surface area contributed by atoms with Crippen molar-refractivity contribution >= 4 is 17.5 Å². The van der Waals surface area contributed by atoms with E-state index in [1.807, 2.05) is 6.07 Å². The van der Waals surface area contributed by atoms with Gasteiger partial charge in [0.25, 0.3) is 5.91 Å². The molecule has 10 heteroatoms. The van der Waals surface area contributed by atoms with Crippen molar-refractivity contribution in [3.05, 3.63) is 29.8 Å². The van der Waals surface area contributed by atoms with E-state index < -0.39 is 0 Å². The van der Waals surface area contributed by atoms with Gasteiger partial charge in [0.05, 0.1) is 19.0 Å². The van der Waals surface area contributed by atoms with Gasteiger partial charge in [-0.15, -0.1) is 10.2 Å². The average molecular weight is 394 g/mol. The summed E-state index contributed by atoms with van der Waals surface area (Å²) in [5.74, 6) is 2.34. The molecule has 0 saturated heterocycles. The van der Waals surface area contributed by atoms with Gasteiger partial charge in [-0.2, -0.15) is 5.26 Å². The summed E-state index contributed by atoms with van der Waals surface area (Å²) in [6.07, 6.45) is 6.10. The van der Waals surface area contributed by atoms with Crippen LogP contribution >= 0.6 is 0 Å². The molecule has 2 aromatic heterocycles. The SMILES string of the molecule is CNC(=O)c1nnc(Nc2cnc(C#N)cn2)cc1OCC1CC2CC(C1)C2N. The number of anilines is 2. The Morgan fingerprint density at radius 3 is 2.66 bits per heavy atom. The van der Waals surface area contributed by atoms with Gasteiger partial charge >= 0.3 is 0 Å². The first-order valence-corrected chi connectivity index (χ1v) is 9.54. The van der Waals surface area contributed by atoms with Crippen LogP contribution in [0.3, 0.4) is 0 Å². The summed E-state index contributed by atoms with van der Waals surface area (Å²) in [6.45, 7) is 0.505. The van der Waals surface area contributed by atoms with Crippen LogP contribution in [-0.2, 0) is 0 Å². The molecule has 3 fully saturated rings. The second-order valence-electron chi connectivity index (χ2n) is 7.53. The lowest BCUT2D eigenvalue weighted by molar-refractivity contribution is 0.0176. The third-order valence-electron chi connectivity index (χ3n) is 5.66. The second-order valence-corrected chi connectivity index (χ2v) is 7.53. The molecule has 29 heavy (non-hydrogen) atoms. The van der Waals surface area contributed by atoms with Gasteiger partial charge in [0.15, 0.2) is 23.0 Å². The number of carbonyl (C=O) groups is 1. The van der Waals surface area contributed by atoms with Crippen molar-refractivity contribution in [3.63, 3.8) is 0 Å². The van der Waals surface area contributed by atoms with Crippen molar-refractivity contribution in [2.24, 2.45) is 23.5 Å². The third-order valence-corrected chi connectivity index (χ3v) is 5.66. The number of hydrogen-bond acceptors (Lipinski definition) is 9. The minimum absolute atomic E-state index is 0.127. The Morgan fingerprint density at radius 2 is 2.03 bits per heavy atom. The molecular formula is C19H22N8O2. The van der Waals surface area contributed by atoms with Gasteiger partial charge in [0.1, 0.15) is 11.9 Å². The number of nitrogens with zero attached hydrogens (tertiary/aromatic N) is 5. The topological polar surface area (TPSA) is 152 Å². The number of amides is 1. The van der Waals surface area contributed by atoms with Gasteiger partial charge in [0, 0.05) is 19.2 Å². The Hall–Kier alpha value is -3.32. The van der Waals surface area contributed by atoms with Crippen molar-refractivity contribution in [2.45, 2.75) is 25.3 Å². The van der Waals surface area contributed by atoms with E-state index in [0.717, 1.165) is 12.8 Å². The molecule has 0 aliphatic heterocycles. The van der Waals surface area contributed by atoms with E-state index in [2.05, 4.69) is 30.8 Å². The maximum atomic E-state index is 12.1. The number of nitrogens with two attached hydrogens (primary N) is 1. The molecule has 150 valence electrons. The van der Waals surface area contributed by atoms with Crippen LogP contribution < -0.4 is 21.1 Å². The average Bonchev–Trinajstić information content (AvgIpc) is 2.77. The molecule has 2 aromatic rings. The normalized spacial score (nSPS) is 24.7. The van der Waals surface area contributed by atoms with Gasteiger partial charge in [-0.1, -0.05) is 0 Å². The van der Waals surface area contributed by atoms with E-state index in [1.165, 1.54) is 25.9 Å². The minimum Gasteiger partial charge on any atom is -0.491 e. The van der Waals surface area contributed by atoms with E-state index in [0.29, 0.717) is 47.8 Å². The van der Waals surface area contributed by atoms with Gasteiger partial charge in [0.2, 0.25) is 0 Å². The predicted molar refractivity (Wildman–Crippen MR) is 103 cm³/mol. The summed E-state index contributed by atoms with van der Waals surface area (Å²) in [5, 5.41) is 22.3. The van der Waals surface area contributed by atoms with Crippen LogP contribution in [-0.4, -0.2) is 45.8 Å². The summed E-state index contributed by atoms with van der Waals surface area (Å²) in [7, 11) is 1.53. The van der Waals surface area contributed by atoms with Crippen LogP contribution in [0, 0.1) is 29.1 Å². The molecule has 0 aromatic carbocycles. The highest BCUT2D eigenvalue weighted by atomic mass is 16.5. The monoisotopic (exact) mass is 394 g/mol. The van der Waals surface area contributed by atoms with Crippen LogP contribution in [0.4, 0.5) is 11.6 Å². The molecule has 0 radical (unpaired) electrons. The molecule has 2 unspecified atom stereocenters. The molecule has 2 atom stereocenters. The summed E-state index contributed by atoms with van der Waals surface area (Å²) in [4.78, 5) is 20.2. The van der Waals surface area contributed by atoms with Gasteiger partial charge in [-0.05, 0) is 37.0 Å². The molecule has 3 aliphatic rings. The molecule has 3 saturated carbocycles. The van der Waals surface area contributed by atoms with Crippen LogP contribution in [0.5, 0.6) is 5.75 Å². The smallest absolute Gasteiger partial charge is 0.275 e. The Bertz CT molecular complexity index is 930. The molecule has 2 bridgehead atoms. The molecule has 3 aliphatic carbocycles. The van der Waals surface area contributed by atoms with E-state index in [4.69, 9.17) is 15.7 Å². The molecule has 2 heterocycles. The fraction of sp³-hybridized carbons (Fsp3) is 0.474. The zero-order chi connectivity index (χ0) is 20.4. The fourth-order valence-electron chi connectivity index (χ4n) is 4.10. The third kappa shape index (κ3) is 3.95. The number of nitriles is 1. The maximum absolute atomic E-state index is 12.1. The Balaban J connectivity index is 1.48. The maximum Gasteiger partial charge on any atom is 0.275 e. The Kier molecular flexibility index (Phi) is 5.22. The first-order valence-electron chi connectivity index (χ1n) is 9.54. The van der Waals surface area contributed by atoms with Crippen LogP contribution in [0.25, 0.3) is 0 Å². The van der Waals surface area contributed by atoms with Crippen molar-refractivity contribution in [1.82, 2.24) is 25.5 Å². The summed E-state index contributed by atoms with van der Waals surface area (Å²) in [5.41, 5.74) is 6.48. The summed E-state index contributed by atoms with van der Waals surface area (Å²) in [6, 6.07) is 3.86. The quantitative estimate of drug-likeness (QED) is 0.651. The lowest BCUT2D eigenvalue weighted by Gasteiger charge is -2.50. The van der Waals surface area contributed by atoms with E-state index in [9.17, 15) is 4.79 Å². The van der Waals surface area contributed by atoms with Crippen LogP contribution in [0.2, 0.25) is 0 Å².